The van der Waals surface area contributed by atoms with Crippen molar-refractivity contribution in [3.05, 3.63) is 53.3 Å². The summed E-state index contributed by atoms with van der Waals surface area (Å²) in [6.45, 7) is -2.77. The number of rotatable bonds is 8. The van der Waals surface area contributed by atoms with E-state index in [9.17, 15) is 9.59 Å². The Labute approximate surface area is 226 Å². The number of aromatic nitrogens is 7. The molecule has 0 bridgehead atoms. The van der Waals surface area contributed by atoms with E-state index < -0.39 is 12.9 Å². The number of nitrogens with one attached hydrogen (secondary N) is 3. The highest BCUT2D eigenvalue weighted by Gasteiger charge is 2.20. The zero-order chi connectivity index (χ0) is 29.9. The van der Waals surface area contributed by atoms with Crippen molar-refractivity contribution in [3.8, 4) is 17.0 Å². The van der Waals surface area contributed by atoms with Gasteiger partial charge >= 0.3 is 0 Å². The standard InChI is InChI=1S/C23H24ClN11O3/c1-25-22(36)19-13(8-17(31-32-19)30-18-9-16(24)35(4)33-18)29-21-20(38-5)12(6-7-26-21)14-10-28-15(11-27-14)23(37)34(2)3/h6-11H,1-5H3,(H,25,36)(H2,26,29,30,31,33)/i1D3. The van der Waals surface area contributed by atoms with Crippen LogP contribution < -0.4 is 20.7 Å². The molecule has 0 saturated carbocycles. The van der Waals surface area contributed by atoms with Gasteiger partial charge in [-0.3, -0.25) is 19.3 Å². The minimum absolute atomic E-state index is 0.0484. The molecule has 0 spiro atoms. The highest BCUT2D eigenvalue weighted by molar-refractivity contribution is 6.29. The van der Waals surface area contributed by atoms with Crippen molar-refractivity contribution in [1.29, 1.82) is 0 Å². The number of amides is 2. The summed E-state index contributed by atoms with van der Waals surface area (Å²) in [7, 11) is 6.27. The lowest BCUT2D eigenvalue weighted by atomic mass is 10.1. The summed E-state index contributed by atoms with van der Waals surface area (Å²) in [5.41, 5.74) is 0.731. The summed E-state index contributed by atoms with van der Waals surface area (Å²) in [6.07, 6.45) is 4.23. The van der Waals surface area contributed by atoms with Crippen LogP contribution in [0.4, 0.5) is 23.1 Å². The van der Waals surface area contributed by atoms with E-state index in [2.05, 4.69) is 40.9 Å². The van der Waals surface area contributed by atoms with Gasteiger partial charge in [-0.1, -0.05) is 11.6 Å². The minimum atomic E-state index is -2.77. The number of pyridine rings is 1. The van der Waals surface area contributed by atoms with Gasteiger partial charge in [0.25, 0.3) is 11.8 Å². The van der Waals surface area contributed by atoms with Gasteiger partial charge in [0.15, 0.2) is 28.9 Å². The third kappa shape index (κ3) is 5.44. The van der Waals surface area contributed by atoms with Crippen LogP contribution in [0.15, 0.2) is 36.8 Å². The Morgan fingerprint density at radius 1 is 1.11 bits per heavy atom. The van der Waals surface area contributed by atoms with Crippen molar-refractivity contribution >= 4 is 46.6 Å². The van der Waals surface area contributed by atoms with Crippen molar-refractivity contribution in [2.24, 2.45) is 7.05 Å². The molecule has 0 saturated heterocycles. The second-order valence-corrected chi connectivity index (χ2v) is 8.29. The van der Waals surface area contributed by atoms with Crippen molar-refractivity contribution in [2.75, 3.05) is 38.8 Å². The van der Waals surface area contributed by atoms with E-state index in [0.29, 0.717) is 22.2 Å². The first-order chi connectivity index (χ1) is 19.4. The van der Waals surface area contributed by atoms with E-state index in [4.69, 9.17) is 20.5 Å². The molecular formula is C23H24ClN11O3. The number of hydrogen-bond donors (Lipinski definition) is 3. The van der Waals surface area contributed by atoms with Crippen LogP contribution in [0.5, 0.6) is 5.75 Å². The monoisotopic (exact) mass is 540 g/mol. The summed E-state index contributed by atoms with van der Waals surface area (Å²) in [6, 6.07) is 4.60. The fourth-order valence-corrected chi connectivity index (χ4v) is 3.43. The van der Waals surface area contributed by atoms with Crippen molar-refractivity contribution < 1.29 is 18.4 Å². The highest BCUT2D eigenvalue weighted by atomic mass is 35.5. The van der Waals surface area contributed by atoms with Crippen molar-refractivity contribution in [2.45, 2.75) is 0 Å². The number of halogens is 1. The predicted molar refractivity (Wildman–Crippen MR) is 140 cm³/mol. The van der Waals surface area contributed by atoms with Gasteiger partial charge in [0, 0.05) is 56.1 Å². The average molecular weight is 541 g/mol. The molecule has 0 fully saturated rings. The van der Waals surface area contributed by atoms with Gasteiger partial charge in [-0.25, -0.2) is 9.97 Å². The van der Waals surface area contributed by atoms with Gasteiger partial charge in [0.1, 0.15) is 10.8 Å². The molecule has 4 aromatic heterocycles. The summed E-state index contributed by atoms with van der Waals surface area (Å²) < 4.78 is 29.2. The van der Waals surface area contributed by atoms with E-state index in [1.807, 2.05) is 5.32 Å². The van der Waals surface area contributed by atoms with E-state index in [1.54, 1.807) is 33.3 Å². The molecule has 0 radical (unpaired) electrons. The van der Waals surface area contributed by atoms with E-state index >= 15 is 0 Å². The molecule has 2 amide bonds. The van der Waals surface area contributed by atoms with Crippen LogP contribution in [-0.4, -0.2) is 79.8 Å². The van der Waals surface area contributed by atoms with Gasteiger partial charge in [-0.2, -0.15) is 5.10 Å². The smallest absolute Gasteiger partial charge is 0.273 e. The summed E-state index contributed by atoms with van der Waals surface area (Å²) in [4.78, 5) is 39.2. The van der Waals surface area contributed by atoms with E-state index in [1.165, 1.54) is 41.3 Å². The van der Waals surface area contributed by atoms with E-state index in [0.717, 1.165) is 0 Å². The molecule has 0 aliphatic carbocycles. The molecule has 38 heavy (non-hydrogen) atoms. The zero-order valence-electron chi connectivity index (χ0n) is 23.6. The Bertz CT molecular complexity index is 1570. The number of hydrogen-bond acceptors (Lipinski definition) is 11. The minimum Gasteiger partial charge on any atom is -0.492 e. The molecule has 4 aromatic rings. The maximum atomic E-state index is 12.8. The van der Waals surface area contributed by atoms with Gasteiger partial charge < -0.3 is 25.6 Å². The largest absolute Gasteiger partial charge is 0.492 e. The highest BCUT2D eigenvalue weighted by Crippen LogP contribution is 2.36. The third-order valence-corrected chi connectivity index (χ3v) is 5.47. The number of methoxy groups -OCH3 is 1. The van der Waals surface area contributed by atoms with E-state index in [-0.39, 0.29) is 40.4 Å². The lowest BCUT2D eigenvalue weighted by Gasteiger charge is -2.16. The lowest BCUT2D eigenvalue weighted by molar-refractivity contribution is 0.0821. The Kier molecular flexibility index (Phi) is 6.50. The maximum Gasteiger partial charge on any atom is 0.273 e. The number of anilines is 4. The molecule has 14 nitrogen and oxygen atoms in total. The Balaban J connectivity index is 1.73. The maximum absolute atomic E-state index is 12.8. The first-order valence-corrected chi connectivity index (χ1v) is 11.2. The molecule has 0 unspecified atom stereocenters. The normalized spacial score (nSPS) is 12.1. The molecule has 0 aliphatic rings. The second kappa shape index (κ2) is 11.0. The molecule has 0 aliphatic heterocycles. The van der Waals surface area contributed by atoms with Gasteiger partial charge in [0.2, 0.25) is 0 Å². The number of ether oxygens (including phenoxy) is 1. The van der Waals surface area contributed by atoms with Gasteiger partial charge in [-0.05, 0) is 6.07 Å². The average Bonchev–Trinajstić information content (AvgIpc) is 3.23. The molecule has 196 valence electrons. The summed E-state index contributed by atoms with van der Waals surface area (Å²) in [5, 5.41) is 20.2. The zero-order valence-corrected chi connectivity index (χ0v) is 21.4. The molecule has 3 N–H and O–H groups in total. The van der Waals surface area contributed by atoms with Crippen molar-refractivity contribution in [1.82, 2.24) is 45.1 Å². The van der Waals surface area contributed by atoms with Crippen LogP contribution in [0, 0.1) is 0 Å². The van der Waals surface area contributed by atoms with Crippen LogP contribution in [0.1, 0.15) is 25.1 Å². The Morgan fingerprint density at radius 2 is 1.92 bits per heavy atom. The summed E-state index contributed by atoms with van der Waals surface area (Å²) >= 11 is 6.05. The Hall–Kier alpha value is -4.85. The van der Waals surface area contributed by atoms with Gasteiger partial charge in [-0.15, -0.1) is 10.2 Å². The molecule has 4 rings (SSSR count). The number of carbonyl (C=O) groups excluding carboxylic acids is 2. The predicted octanol–water partition coefficient (Wildman–Crippen LogP) is 2.27. The Morgan fingerprint density at radius 3 is 2.55 bits per heavy atom. The topological polar surface area (TPSA) is 165 Å². The van der Waals surface area contributed by atoms with Crippen LogP contribution >= 0.6 is 11.6 Å². The third-order valence-electron chi connectivity index (χ3n) is 5.12. The summed E-state index contributed by atoms with van der Waals surface area (Å²) in [5.74, 6) is -0.436. The fraction of sp³-hybridized carbons (Fsp3) is 0.217. The number of aryl methyl sites for hydroxylation is 1. The number of carbonyl (C=O) groups is 2. The fourth-order valence-electron chi connectivity index (χ4n) is 3.29. The van der Waals surface area contributed by atoms with Crippen LogP contribution in [0.25, 0.3) is 11.3 Å². The molecule has 15 heteroatoms. The quantitative estimate of drug-likeness (QED) is 0.300. The van der Waals surface area contributed by atoms with Crippen LogP contribution in [-0.2, 0) is 7.05 Å². The van der Waals surface area contributed by atoms with Crippen molar-refractivity contribution in [3.63, 3.8) is 0 Å². The molecule has 4 heterocycles. The molecule has 0 aromatic carbocycles. The van der Waals surface area contributed by atoms with Gasteiger partial charge in [0.05, 0.1) is 30.9 Å². The molecular weight excluding hydrogens is 514 g/mol. The van der Waals surface area contributed by atoms with Crippen LogP contribution in [0.2, 0.25) is 5.15 Å². The molecule has 0 atom stereocenters. The first kappa shape index (κ1) is 22.4. The number of nitrogens with zero attached hydrogens (tertiary/aromatic N) is 8. The van der Waals surface area contributed by atoms with Crippen LogP contribution in [0.3, 0.4) is 0 Å². The SMILES string of the molecule is [2H]C([2H])([2H])NC(=O)c1nnc(Nc2cc(Cl)n(C)n2)cc1Nc1nccc(-c2cnc(C(=O)N(C)C)cn2)c1OC. The first-order valence-electron chi connectivity index (χ1n) is 12.4. The second-order valence-electron chi connectivity index (χ2n) is 7.90. The lowest BCUT2D eigenvalue weighted by Crippen LogP contribution is -2.22.